The van der Waals surface area contributed by atoms with Gasteiger partial charge >= 0.3 is 5.97 Å². The van der Waals surface area contributed by atoms with Gasteiger partial charge in [0.05, 0.1) is 7.11 Å². The van der Waals surface area contributed by atoms with E-state index < -0.39 is 0 Å². The lowest BCUT2D eigenvalue weighted by molar-refractivity contribution is -0.142. The molecule has 0 spiro atoms. The third kappa shape index (κ3) is 1.36. The number of ether oxygens (including phenoxy) is 1. The quantitative estimate of drug-likeness (QED) is 0.602. The predicted octanol–water partition coefficient (Wildman–Crippen LogP) is 1.16. The van der Waals surface area contributed by atoms with Gasteiger partial charge < -0.3 is 4.74 Å². The Morgan fingerprint density at radius 2 is 2.31 bits per heavy atom. The number of fused-ring (bicyclic) bond motifs is 2. The number of carbonyl (C=O) groups is 2. The molecule has 0 aromatic rings. The molecular formula is C10H14O3. The molecule has 72 valence electrons. The summed E-state index contributed by atoms with van der Waals surface area (Å²) in [6.07, 6.45) is 3.26. The van der Waals surface area contributed by atoms with Crippen LogP contribution >= 0.6 is 0 Å². The van der Waals surface area contributed by atoms with Gasteiger partial charge in [-0.1, -0.05) is 0 Å². The van der Waals surface area contributed by atoms with E-state index in [4.69, 9.17) is 0 Å². The Balaban J connectivity index is 2.01. The summed E-state index contributed by atoms with van der Waals surface area (Å²) in [5.41, 5.74) is 0. The monoisotopic (exact) mass is 182 g/mol. The van der Waals surface area contributed by atoms with Crippen LogP contribution in [0.2, 0.25) is 0 Å². The second kappa shape index (κ2) is 3.13. The third-order valence-corrected chi connectivity index (χ3v) is 3.48. The maximum atomic E-state index is 11.4. The molecule has 3 nitrogen and oxygen atoms in total. The van der Waals surface area contributed by atoms with Crippen LogP contribution in [0.4, 0.5) is 0 Å². The van der Waals surface area contributed by atoms with Crippen LogP contribution in [0.3, 0.4) is 0 Å². The van der Waals surface area contributed by atoms with Gasteiger partial charge in [0, 0.05) is 18.8 Å². The molecule has 0 saturated heterocycles. The highest BCUT2D eigenvalue weighted by atomic mass is 16.5. The zero-order valence-corrected chi connectivity index (χ0v) is 7.79. The fourth-order valence-corrected chi connectivity index (χ4v) is 2.80. The number of rotatable bonds is 2. The van der Waals surface area contributed by atoms with Gasteiger partial charge in [0.1, 0.15) is 5.78 Å². The first-order chi connectivity index (χ1) is 6.22. The van der Waals surface area contributed by atoms with E-state index in [0.717, 1.165) is 12.8 Å². The summed E-state index contributed by atoms with van der Waals surface area (Å²) in [7, 11) is 1.40. The maximum absolute atomic E-state index is 11.4. The Hall–Kier alpha value is -0.860. The lowest BCUT2D eigenvalue weighted by Crippen LogP contribution is -2.15. The third-order valence-electron chi connectivity index (χ3n) is 3.48. The molecule has 2 aliphatic rings. The highest BCUT2D eigenvalue weighted by Crippen LogP contribution is 2.48. The summed E-state index contributed by atoms with van der Waals surface area (Å²) < 4.78 is 4.62. The van der Waals surface area contributed by atoms with Crippen molar-refractivity contribution in [3.8, 4) is 0 Å². The first-order valence-electron chi connectivity index (χ1n) is 4.82. The average molecular weight is 182 g/mol. The van der Waals surface area contributed by atoms with Crippen LogP contribution in [0.15, 0.2) is 0 Å². The Kier molecular flexibility index (Phi) is 2.10. The van der Waals surface area contributed by atoms with Crippen LogP contribution in [-0.4, -0.2) is 18.9 Å². The van der Waals surface area contributed by atoms with E-state index in [2.05, 4.69) is 4.74 Å². The highest BCUT2D eigenvalue weighted by Gasteiger charge is 2.47. The number of ketones is 1. The number of Topliss-reactive ketones (excluding diaryl/α,β-unsaturated/α-hetero) is 1. The number of hydrogen-bond acceptors (Lipinski definition) is 3. The van der Waals surface area contributed by atoms with Crippen LogP contribution in [0.5, 0.6) is 0 Å². The Bertz CT molecular complexity index is 247. The zero-order valence-electron chi connectivity index (χ0n) is 7.79. The summed E-state index contributed by atoms with van der Waals surface area (Å²) >= 11 is 0. The number of hydrogen-bond donors (Lipinski definition) is 0. The predicted molar refractivity (Wildman–Crippen MR) is 46.0 cm³/mol. The molecule has 0 aromatic heterocycles. The molecule has 0 N–H and O–H groups in total. The Morgan fingerprint density at radius 1 is 1.54 bits per heavy atom. The smallest absolute Gasteiger partial charge is 0.305 e. The molecule has 3 atom stereocenters. The van der Waals surface area contributed by atoms with E-state index >= 15 is 0 Å². The van der Waals surface area contributed by atoms with Gasteiger partial charge in [-0.3, -0.25) is 9.59 Å². The standard InChI is InChI=1S/C10H14O3/c1-13-10(12)5-8-6-2-3-7(8)9(11)4-6/h6-8H,2-5H2,1H3. The van der Waals surface area contributed by atoms with E-state index in [0.29, 0.717) is 30.5 Å². The number of esters is 1. The number of carbonyl (C=O) groups excluding carboxylic acids is 2. The minimum absolute atomic E-state index is 0.170. The molecular weight excluding hydrogens is 168 g/mol. The zero-order chi connectivity index (χ0) is 9.42. The topological polar surface area (TPSA) is 43.4 Å². The molecule has 2 fully saturated rings. The molecule has 3 unspecified atom stereocenters. The largest absolute Gasteiger partial charge is 0.469 e. The van der Waals surface area contributed by atoms with Gasteiger partial charge in [0.25, 0.3) is 0 Å². The molecule has 2 bridgehead atoms. The summed E-state index contributed by atoms with van der Waals surface area (Å²) in [6, 6.07) is 0. The van der Waals surface area contributed by atoms with Gasteiger partial charge in [-0.15, -0.1) is 0 Å². The summed E-state index contributed by atoms with van der Waals surface area (Å²) in [5, 5.41) is 0. The minimum atomic E-state index is -0.170. The maximum Gasteiger partial charge on any atom is 0.305 e. The average Bonchev–Trinajstić information content (AvgIpc) is 2.61. The van der Waals surface area contributed by atoms with Crippen LogP contribution in [-0.2, 0) is 14.3 Å². The van der Waals surface area contributed by atoms with Crippen molar-refractivity contribution in [3.05, 3.63) is 0 Å². The minimum Gasteiger partial charge on any atom is -0.469 e. The van der Waals surface area contributed by atoms with Crippen LogP contribution in [0, 0.1) is 17.8 Å². The lowest BCUT2D eigenvalue weighted by atomic mass is 9.94. The molecule has 0 aromatic carbocycles. The molecule has 13 heavy (non-hydrogen) atoms. The molecule has 0 heterocycles. The fraction of sp³-hybridized carbons (Fsp3) is 0.800. The SMILES string of the molecule is COC(=O)CC1C2CCC1C(=O)C2. The van der Waals surface area contributed by atoms with Gasteiger partial charge in [0.2, 0.25) is 0 Å². The molecule has 0 amide bonds. The Morgan fingerprint density at radius 3 is 2.77 bits per heavy atom. The van der Waals surface area contributed by atoms with Gasteiger partial charge in [-0.25, -0.2) is 0 Å². The van der Waals surface area contributed by atoms with Crippen LogP contribution in [0.1, 0.15) is 25.7 Å². The van der Waals surface area contributed by atoms with Crippen molar-refractivity contribution in [1.29, 1.82) is 0 Å². The first kappa shape index (κ1) is 8.73. The van der Waals surface area contributed by atoms with Gasteiger partial charge in [-0.2, -0.15) is 0 Å². The van der Waals surface area contributed by atoms with Crippen molar-refractivity contribution in [2.45, 2.75) is 25.7 Å². The van der Waals surface area contributed by atoms with Crippen molar-refractivity contribution in [1.82, 2.24) is 0 Å². The van der Waals surface area contributed by atoms with E-state index in [9.17, 15) is 9.59 Å². The van der Waals surface area contributed by atoms with Gasteiger partial charge in [0.15, 0.2) is 0 Å². The van der Waals surface area contributed by atoms with Crippen molar-refractivity contribution >= 4 is 11.8 Å². The normalized spacial score (nSPS) is 36.7. The first-order valence-corrected chi connectivity index (χ1v) is 4.82. The molecule has 3 heteroatoms. The molecule has 0 aliphatic heterocycles. The second-order valence-corrected chi connectivity index (χ2v) is 4.06. The summed E-state index contributed by atoms with van der Waals surface area (Å²) in [6.45, 7) is 0. The molecule has 2 rings (SSSR count). The number of methoxy groups -OCH3 is 1. The molecule has 2 aliphatic carbocycles. The van der Waals surface area contributed by atoms with Crippen LogP contribution < -0.4 is 0 Å². The summed E-state index contributed by atoms with van der Waals surface area (Å²) in [4.78, 5) is 22.4. The lowest BCUT2D eigenvalue weighted by Gasteiger charge is -2.11. The second-order valence-electron chi connectivity index (χ2n) is 4.06. The van der Waals surface area contributed by atoms with Crippen molar-refractivity contribution in [3.63, 3.8) is 0 Å². The van der Waals surface area contributed by atoms with Crippen LogP contribution in [0.25, 0.3) is 0 Å². The highest BCUT2D eigenvalue weighted by molar-refractivity contribution is 5.86. The molecule has 2 saturated carbocycles. The van der Waals surface area contributed by atoms with E-state index in [1.54, 1.807) is 0 Å². The van der Waals surface area contributed by atoms with Crippen molar-refractivity contribution in [2.75, 3.05) is 7.11 Å². The van der Waals surface area contributed by atoms with E-state index in [1.807, 2.05) is 0 Å². The van der Waals surface area contributed by atoms with E-state index in [1.165, 1.54) is 7.11 Å². The van der Waals surface area contributed by atoms with Crippen molar-refractivity contribution < 1.29 is 14.3 Å². The van der Waals surface area contributed by atoms with E-state index in [-0.39, 0.29) is 11.9 Å². The fourth-order valence-electron chi connectivity index (χ4n) is 2.80. The van der Waals surface area contributed by atoms with Crippen molar-refractivity contribution in [2.24, 2.45) is 17.8 Å². The van der Waals surface area contributed by atoms with Gasteiger partial charge in [-0.05, 0) is 24.7 Å². The molecule has 0 radical (unpaired) electrons. The summed E-state index contributed by atoms with van der Waals surface area (Å²) in [5.74, 6) is 1.13. The Labute approximate surface area is 77.4 Å².